The van der Waals surface area contributed by atoms with Crippen LogP contribution in [0.3, 0.4) is 0 Å². The second kappa shape index (κ2) is 11.7. The number of primary amides is 1. The standard InChI is InChI=1S/C30H27N3O3S/c31-30(34)28-29(37-25-12-2-1-3-13-25)26-15-14-22(20-27(26)32-28)21-33(16-4-8-23-10-6-18-35-23)17-5-9-24-11-7-19-36-24/h1-15,18-20,32H,16-17,21H2,(H2,31,34)/b8-4+,9-5+. The second-order valence-electron chi connectivity index (χ2n) is 8.52. The third-order valence-corrected chi connectivity index (χ3v) is 6.94. The smallest absolute Gasteiger partial charge is 0.266 e. The van der Waals surface area contributed by atoms with Gasteiger partial charge in [0, 0.05) is 35.4 Å². The van der Waals surface area contributed by atoms with Gasteiger partial charge in [0.25, 0.3) is 5.91 Å². The van der Waals surface area contributed by atoms with E-state index in [1.165, 1.54) is 11.8 Å². The number of fused-ring (bicyclic) bond motifs is 1. The van der Waals surface area contributed by atoms with E-state index < -0.39 is 5.91 Å². The first-order valence-corrected chi connectivity index (χ1v) is 12.8. The molecule has 3 N–H and O–H groups in total. The minimum atomic E-state index is -0.469. The SMILES string of the molecule is NC(=O)c1[nH]c2cc(CN(C/C=C/c3ccco3)C/C=C/c3ccco3)ccc2c1Sc1ccccc1. The van der Waals surface area contributed by atoms with Gasteiger partial charge in [-0.2, -0.15) is 0 Å². The van der Waals surface area contributed by atoms with Gasteiger partial charge in [0.1, 0.15) is 17.2 Å². The lowest BCUT2D eigenvalue weighted by Gasteiger charge is -2.19. The van der Waals surface area contributed by atoms with Gasteiger partial charge in [-0.05, 0) is 60.2 Å². The number of aromatic nitrogens is 1. The van der Waals surface area contributed by atoms with E-state index in [4.69, 9.17) is 14.6 Å². The van der Waals surface area contributed by atoms with Crippen molar-refractivity contribution in [2.75, 3.05) is 13.1 Å². The molecule has 2 aromatic carbocycles. The quantitative estimate of drug-likeness (QED) is 0.204. The molecule has 0 aliphatic carbocycles. The summed E-state index contributed by atoms with van der Waals surface area (Å²) in [6, 6.07) is 23.8. The Labute approximate surface area is 219 Å². The van der Waals surface area contributed by atoms with Crippen LogP contribution in [0.1, 0.15) is 27.6 Å². The molecular formula is C30H27N3O3S. The summed E-state index contributed by atoms with van der Waals surface area (Å²) in [7, 11) is 0. The molecule has 0 radical (unpaired) electrons. The number of furan rings is 2. The van der Waals surface area contributed by atoms with Crippen LogP contribution in [-0.2, 0) is 6.54 Å². The first-order chi connectivity index (χ1) is 18.2. The third kappa shape index (κ3) is 6.33. The predicted octanol–water partition coefficient (Wildman–Crippen LogP) is 6.83. The zero-order valence-corrected chi connectivity index (χ0v) is 21.0. The van der Waals surface area contributed by atoms with Gasteiger partial charge in [-0.15, -0.1) is 0 Å². The number of amides is 1. The van der Waals surface area contributed by atoms with Crippen LogP contribution in [0.25, 0.3) is 23.1 Å². The van der Waals surface area contributed by atoms with E-state index in [9.17, 15) is 4.79 Å². The summed E-state index contributed by atoms with van der Waals surface area (Å²) in [6.45, 7) is 2.17. The zero-order chi connectivity index (χ0) is 25.5. The average molecular weight is 510 g/mol. The minimum Gasteiger partial charge on any atom is -0.465 e. The predicted molar refractivity (Wildman–Crippen MR) is 148 cm³/mol. The number of benzene rings is 2. The van der Waals surface area contributed by atoms with Crippen molar-refractivity contribution >= 4 is 40.7 Å². The van der Waals surface area contributed by atoms with Crippen LogP contribution < -0.4 is 5.73 Å². The molecule has 0 spiro atoms. The van der Waals surface area contributed by atoms with Crippen LogP contribution >= 0.6 is 11.8 Å². The third-order valence-electron chi connectivity index (χ3n) is 5.81. The van der Waals surface area contributed by atoms with Crippen molar-refractivity contribution in [3.05, 3.63) is 120 Å². The molecule has 5 rings (SSSR count). The summed E-state index contributed by atoms with van der Waals surface area (Å²) in [5, 5.41) is 0.980. The zero-order valence-electron chi connectivity index (χ0n) is 20.2. The summed E-state index contributed by atoms with van der Waals surface area (Å²) in [5.74, 6) is 1.17. The summed E-state index contributed by atoms with van der Waals surface area (Å²) in [4.78, 5) is 19.7. The summed E-state index contributed by atoms with van der Waals surface area (Å²) < 4.78 is 10.8. The van der Waals surface area contributed by atoms with E-state index in [1.54, 1.807) is 12.5 Å². The summed E-state index contributed by atoms with van der Waals surface area (Å²) >= 11 is 1.54. The highest BCUT2D eigenvalue weighted by molar-refractivity contribution is 7.99. The largest absolute Gasteiger partial charge is 0.465 e. The van der Waals surface area contributed by atoms with Crippen molar-refractivity contribution in [1.29, 1.82) is 0 Å². The number of H-pyrrole nitrogens is 1. The van der Waals surface area contributed by atoms with E-state index in [0.29, 0.717) is 12.2 Å². The summed E-state index contributed by atoms with van der Waals surface area (Å²) in [6.07, 6.45) is 11.5. The maximum Gasteiger partial charge on any atom is 0.266 e. The van der Waals surface area contributed by atoms with Crippen molar-refractivity contribution < 1.29 is 13.6 Å². The van der Waals surface area contributed by atoms with Gasteiger partial charge >= 0.3 is 0 Å². The van der Waals surface area contributed by atoms with Crippen LogP contribution in [0, 0.1) is 0 Å². The van der Waals surface area contributed by atoms with Crippen LogP contribution in [0.5, 0.6) is 0 Å². The molecule has 0 atom stereocenters. The molecule has 7 heteroatoms. The van der Waals surface area contributed by atoms with E-state index in [0.717, 1.165) is 50.9 Å². The molecular weight excluding hydrogens is 482 g/mol. The topological polar surface area (TPSA) is 88.4 Å². The highest BCUT2D eigenvalue weighted by Gasteiger charge is 2.17. The van der Waals surface area contributed by atoms with Crippen molar-refractivity contribution in [1.82, 2.24) is 9.88 Å². The molecule has 6 nitrogen and oxygen atoms in total. The van der Waals surface area contributed by atoms with Crippen molar-refractivity contribution in [2.45, 2.75) is 16.3 Å². The van der Waals surface area contributed by atoms with Gasteiger partial charge in [-0.1, -0.05) is 54.2 Å². The Bertz CT molecular complexity index is 1450. The highest BCUT2D eigenvalue weighted by Crippen LogP contribution is 2.37. The van der Waals surface area contributed by atoms with E-state index in [-0.39, 0.29) is 0 Å². The number of nitrogens with one attached hydrogen (secondary N) is 1. The minimum absolute atomic E-state index is 0.431. The average Bonchev–Trinajstić information content (AvgIpc) is 3.67. The first kappa shape index (κ1) is 24.5. The number of hydrogen-bond acceptors (Lipinski definition) is 5. The lowest BCUT2D eigenvalue weighted by atomic mass is 10.1. The normalized spacial score (nSPS) is 11.9. The van der Waals surface area contributed by atoms with Gasteiger partial charge in [-0.25, -0.2) is 0 Å². The lowest BCUT2D eigenvalue weighted by Crippen LogP contribution is -2.23. The van der Waals surface area contributed by atoms with Gasteiger partial charge < -0.3 is 19.6 Å². The molecule has 0 fully saturated rings. The summed E-state index contributed by atoms with van der Waals surface area (Å²) in [5.41, 5.74) is 8.16. The van der Waals surface area contributed by atoms with Crippen LogP contribution in [0.4, 0.5) is 0 Å². The molecule has 0 saturated heterocycles. The first-order valence-electron chi connectivity index (χ1n) is 12.0. The molecule has 3 heterocycles. The Morgan fingerprint density at radius 1 is 0.892 bits per heavy atom. The van der Waals surface area contributed by atoms with Gasteiger partial charge in [0.05, 0.1) is 17.4 Å². The Kier molecular flexibility index (Phi) is 7.74. The molecule has 0 bridgehead atoms. The molecule has 37 heavy (non-hydrogen) atoms. The Morgan fingerprint density at radius 3 is 2.16 bits per heavy atom. The van der Waals surface area contributed by atoms with Crippen LogP contribution in [0.15, 0.2) is 116 Å². The molecule has 186 valence electrons. The van der Waals surface area contributed by atoms with Crippen LogP contribution in [0.2, 0.25) is 0 Å². The fourth-order valence-corrected chi connectivity index (χ4v) is 5.14. The van der Waals surface area contributed by atoms with Crippen molar-refractivity contribution in [3.63, 3.8) is 0 Å². The highest BCUT2D eigenvalue weighted by atomic mass is 32.2. The fraction of sp³-hybridized carbons (Fsp3) is 0.100. The maximum absolute atomic E-state index is 12.2. The number of carbonyl (C=O) groups is 1. The number of nitrogens with two attached hydrogens (primary N) is 1. The molecule has 0 unspecified atom stereocenters. The molecule has 1 amide bonds. The Morgan fingerprint density at radius 2 is 1.57 bits per heavy atom. The Balaban J connectivity index is 1.37. The Hall–Kier alpha value is -4.20. The van der Waals surface area contributed by atoms with Crippen LogP contribution in [-0.4, -0.2) is 28.9 Å². The molecule has 3 aromatic heterocycles. The van der Waals surface area contributed by atoms with Gasteiger partial charge in [0.2, 0.25) is 0 Å². The fourth-order valence-electron chi connectivity index (χ4n) is 4.07. The number of rotatable bonds is 11. The lowest BCUT2D eigenvalue weighted by molar-refractivity contribution is 0.0993. The molecule has 5 aromatic rings. The molecule has 0 aliphatic heterocycles. The van der Waals surface area contributed by atoms with Gasteiger partial charge in [0.15, 0.2) is 0 Å². The molecule has 0 aliphatic rings. The maximum atomic E-state index is 12.2. The number of hydrogen-bond donors (Lipinski definition) is 2. The second-order valence-corrected chi connectivity index (χ2v) is 9.60. The van der Waals surface area contributed by atoms with Crippen molar-refractivity contribution in [2.24, 2.45) is 5.73 Å². The van der Waals surface area contributed by atoms with Crippen molar-refractivity contribution in [3.8, 4) is 0 Å². The van der Waals surface area contributed by atoms with Gasteiger partial charge in [-0.3, -0.25) is 9.69 Å². The number of carbonyl (C=O) groups excluding carboxylic acids is 1. The number of aromatic amines is 1. The van der Waals surface area contributed by atoms with E-state index in [2.05, 4.69) is 40.2 Å². The van der Waals surface area contributed by atoms with E-state index in [1.807, 2.05) is 66.7 Å². The van der Waals surface area contributed by atoms with E-state index >= 15 is 0 Å². The number of nitrogens with zero attached hydrogens (tertiary/aromatic N) is 1. The monoisotopic (exact) mass is 509 g/mol. The molecule has 0 saturated carbocycles.